The van der Waals surface area contributed by atoms with Crippen molar-refractivity contribution in [2.45, 2.75) is 6.42 Å². The van der Waals surface area contributed by atoms with Gasteiger partial charge in [0.15, 0.2) is 5.82 Å². The summed E-state index contributed by atoms with van der Waals surface area (Å²) in [6.07, 6.45) is 9.98. The van der Waals surface area contributed by atoms with Crippen LogP contribution in [-0.2, 0) is 4.79 Å². The van der Waals surface area contributed by atoms with Crippen molar-refractivity contribution in [3.8, 4) is 0 Å². The van der Waals surface area contributed by atoms with Gasteiger partial charge in [-0.2, -0.15) is 0 Å². The van der Waals surface area contributed by atoms with Crippen LogP contribution in [0.1, 0.15) is 6.42 Å². The van der Waals surface area contributed by atoms with E-state index in [9.17, 15) is 4.79 Å². The SMILES string of the molecule is O=C1CC=C(N2C=CC=CC2)N=N1. The van der Waals surface area contributed by atoms with Crippen molar-refractivity contribution >= 4 is 5.91 Å². The summed E-state index contributed by atoms with van der Waals surface area (Å²) in [5, 5.41) is 7.32. The Labute approximate surface area is 75.9 Å². The minimum Gasteiger partial charge on any atom is -0.328 e. The minimum absolute atomic E-state index is 0.180. The van der Waals surface area contributed by atoms with E-state index in [0.717, 1.165) is 12.4 Å². The Bertz CT molecular complexity index is 339. The number of hydrogen-bond donors (Lipinski definition) is 0. The molecular weight excluding hydrogens is 166 g/mol. The van der Waals surface area contributed by atoms with Crippen LogP contribution in [0.3, 0.4) is 0 Å². The summed E-state index contributed by atoms with van der Waals surface area (Å²) in [5.74, 6) is 0.570. The zero-order chi connectivity index (χ0) is 9.10. The highest BCUT2D eigenvalue weighted by atomic mass is 16.1. The highest BCUT2D eigenvalue weighted by Crippen LogP contribution is 2.15. The average molecular weight is 175 g/mol. The van der Waals surface area contributed by atoms with Gasteiger partial charge in [-0.1, -0.05) is 12.2 Å². The molecule has 0 radical (unpaired) electrons. The molecule has 0 N–H and O–H groups in total. The van der Waals surface area contributed by atoms with E-state index in [-0.39, 0.29) is 5.91 Å². The fraction of sp³-hybridized carbons (Fsp3) is 0.222. The van der Waals surface area contributed by atoms with E-state index in [2.05, 4.69) is 10.2 Å². The number of azo groups is 1. The fourth-order valence-electron chi connectivity index (χ4n) is 1.18. The maximum atomic E-state index is 10.7. The van der Waals surface area contributed by atoms with Crippen LogP contribution in [0.4, 0.5) is 0 Å². The lowest BCUT2D eigenvalue weighted by molar-refractivity contribution is -0.117. The summed E-state index contributed by atoms with van der Waals surface area (Å²) in [7, 11) is 0. The van der Waals surface area contributed by atoms with E-state index in [1.807, 2.05) is 29.3 Å². The highest BCUT2D eigenvalue weighted by molar-refractivity contribution is 5.78. The van der Waals surface area contributed by atoms with Gasteiger partial charge in [-0.3, -0.25) is 4.79 Å². The Morgan fingerprint density at radius 2 is 2.23 bits per heavy atom. The molecule has 0 aliphatic carbocycles. The fourth-order valence-corrected chi connectivity index (χ4v) is 1.18. The second-order valence-corrected chi connectivity index (χ2v) is 2.78. The summed E-state index contributed by atoms with van der Waals surface area (Å²) in [6, 6.07) is 0. The second kappa shape index (κ2) is 3.35. The number of rotatable bonds is 1. The van der Waals surface area contributed by atoms with Gasteiger partial charge in [0.2, 0.25) is 0 Å². The van der Waals surface area contributed by atoms with Gasteiger partial charge in [-0.05, 0) is 12.2 Å². The number of hydrogen-bond acceptors (Lipinski definition) is 3. The largest absolute Gasteiger partial charge is 0.328 e. The molecule has 0 saturated carbocycles. The lowest BCUT2D eigenvalue weighted by atomic mass is 10.3. The van der Waals surface area contributed by atoms with Crippen LogP contribution >= 0.6 is 0 Å². The number of amides is 1. The molecule has 13 heavy (non-hydrogen) atoms. The molecule has 66 valence electrons. The van der Waals surface area contributed by atoms with Crippen LogP contribution in [0.5, 0.6) is 0 Å². The van der Waals surface area contributed by atoms with Gasteiger partial charge in [0.1, 0.15) is 0 Å². The van der Waals surface area contributed by atoms with Crippen LogP contribution in [0.2, 0.25) is 0 Å². The first-order valence-corrected chi connectivity index (χ1v) is 4.11. The first-order valence-electron chi connectivity index (χ1n) is 4.11. The molecule has 4 nitrogen and oxygen atoms in total. The standard InChI is InChI=1S/C9H9N3O/c13-9-5-4-8(10-11-9)12-6-2-1-3-7-12/h1-4,6H,5,7H2. The van der Waals surface area contributed by atoms with E-state index in [1.165, 1.54) is 0 Å². The minimum atomic E-state index is -0.180. The van der Waals surface area contributed by atoms with Crippen LogP contribution in [0.25, 0.3) is 0 Å². The third-order valence-corrected chi connectivity index (χ3v) is 1.83. The molecule has 2 aliphatic rings. The molecule has 0 spiro atoms. The van der Waals surface area contributed by atoms with E-state index in [4.69, 9.17) is 0 Å². The normalized spacial score (nSPS) is 20.8. The van der Waals surface area contributed by atoms with Crippen LogP contribution < -0.4 is 0 Å². The zero-order valence-electron chi connectivity index (χ0n) is 7.05. The lowest BCUT2D eigenvalue weighted by Gasteiger charge is -2.20. The third-order valence-electron chi connectivity index (χ3n) is 1.83. The van der Waals surface area contributed by atoms with E-state index in [0.29, 0.717) is 6.42 Å². The van der Waals surface area contributed by atoms with Gasteiger partial charge in [0.25, 0.3) is 5.91 Å². The summed E-state index contributed by atoms with van der Waals surface area (Å²) < 4.78 is 0. The maximum absolute atomic E-state index is 10.7. The summed E-state index contributed by atoms with van der Waals surface area (Å²) in [5.41, 5.74) is 0. The van der Waals surface area contributed by atoms with Crippen molar-refractivity contribution < 1.29 is 4.79 Å². The maximum Gasteiger partial charge on any atom is 0.268 e. The van der Waals surface area contributed by atoms with Gasteiger partial charge in [-0.15, -0.1) is 10.2 Å². The van der Waals surface area contributed by atoms with Crippen molar-refractivity contribution in [1.29, 1.82) is 0 Å². The molecule has 0 bridgehead atoms. The molecule has 0 aromatic heterocycles. The van der Waals surface area contributed by atoms with Crippen LogP contribution in [0, 0.1) is 0 Å². The van der Waals surface area contributed by atoms with E-state index < -0.39 is 0 Å². The number of carbonyl (C=O) groups is 1. The first-order chi connectivity index (χ1) is 6.36. The Hall–Kier alpha value is -1.71. The molecule has 0 aromatic carbocycles. The molecular formula is C9H9N3O. The molecule has 0 fully saturated rings. The Morgan fingerprint density at radius 1 is 1.31 bits per heavy atom. The quantitative estimate of drug-likeness (QED) is 0.607. The van der Waals surface area contributed by atoms with Crippen molar-refractivity contribution in [2.75, 3.05) is 6.54 Å². The lowest BCUT2D eigenvalue weighted by Crippen LogP contribution is -2.18. The Kier molecular flexibility index (Phi) is 2.04. The van der Waals surface area contributed by atoms with Crippen molar-refractivity contribution in [3.63, 3.8) is 0 Å². The second-order valence-electron chi connectivity index (χ2n) is 2.78. The summed E-state index contributed by atoms with van der Waals surface area (Å²) in [4.78, 5) is 12.7. The van der Waals surface area contributed by atoms with E-state index in [1.54, 1.807) is 6.08 Å². The Morgan fingerprint density at radius 3 is 2.85 bits per heavy atom. The zero-order valence-corrected chi connectivity index (χ0v) is 7.05. The predicted molar refractivity (Wildman–Crippen MR) is 47.5 cm³/mol. The van der Waals surface area contributed by atoms with Gasteiger partial charge in [0.05, 0.1) is 6.42 Å². The smallest absolute Gasteiger partial charge is 0.268 e. The molecule has 4 heteroatoms. The van der Waals surface area contributed by atoms with Crippen LogP contribution in [0.15, 0.2) is 46.6 Å². The monoisotopic (exact) mass is 175 g/mol. The number of nitrogens with zero attached hydrogens (tertiary/aromatic N) is 3. The average Bonchev–Trinajstić information content (AvgIpc) is 2.20. The third kappa shape index (κ3) is 1.72. The Balaban J connectivity index is 2.10. The molecule has 0 unspecified atom stereocenters. The molecule has 0 saturated heterocycles. The molecule has 2 rings (SSSR count). The van der Waals surface area contributed by atoms with Crippen molar-refractivity contribution in [3.05, 3.63) is 36.3 Å². The topological polar surface area (TPSA) is 45.0 Å². The number of allylic oxidation sites excluding steroid dienone is 2. The van der Waals surface area contributed by atoms with Gasteiger partial charge >= 0.3 is 0 Å². The highest BCUT2D eigenvalue weighted by Gasteiger charge is 2.11. The first kappa shape index (κ1) is 7.91. The van der Waals surface area contributed by atoms with Crippen molar-refractivity contribution in [2.24, 2.45) is 10.2 Å². The summed E-state index contributed by atoms with van der Waals surface area (Å²) >= 11 is 0. The van der Waals surface area contributed by atoms with Gasteiger partial charge in [0, 0.05) is 12.7 Å². The molecule has 2 heterocycles. The van der Waals surface area contributed by atoms with E-state index >= 15 is 0 Å². The molecule has 1 amide bonds. The molecule has 2 aliphatic heterocycles. The molecule has 0 atom stereocenters. The summed E-state index contributed by atoms with van der Waals surface area (Å²) in [6.45, 7) is 0.787. The van der Waals surface area contributed by atoms with Crippen LogP contribution in [-0.4, -0.2) is 17.4 Å². The van der Waals surface area contributed by atoms with Crippen molar-refractivity contribution in [1.82, 2.24) is 4.90 Å². The molecule has 0 aromatic rings. The number of carbonyl (C=O) groups excluding carboxylic acids is 1. The predicted octanol–water partition coefficient (Wildman–Crippen LogP) is 1.60. The van der Waals surface area contributed by atoms with Gasteiger partial charge < -0.3 is 4.90 Å². The van der Waals surface area contributed by atoms with Gasteiger partial charge in [-0.25, -0.2) is 0 Å².